The first-order chi connectivity index (χ1) is 11.9. The van der Waals surface area contributed by atoms with E-state index in [0.717, 1.165) is 38.9 Å². The summed E-state index contributed by atoms with van der Waals surface area (Å²) in [7, 11) is 0. The minimum Gasteiger partial charge on any atom is -0.393 e. The molecule has 2 N–H and O–H groups in total. The van der Waals surface area contributed by atoms with Gasteiger partial charge in [0, 0.05) is 24.2 Å². The van der Waals surface area contributed by atoms with Crippen LogP contribution in [0, 0.1) is 23.2 Å². The second kappa shape index (κ2) is 7.67. The molecule has 0 aromatic rings. The lowest BCUT2D eigenvalue weighted by molar-refractivity contribution is -0.298. The Labute approximate surface area is 152 Å². The van der Waals surface area contributed by atoms with E-state index in [1.807, 2.05) is 6.08 Å². The van der Waals surface area contributed by atoms with E-state index in [1.165, 1.54) is 19.3 Å². The topological polar surface area (TPSA) is 58.9 Å². The molecule has 5 atom stereocenters. The molecule has 0 unspecified atom stereocenters. The number of ether oxygens (including phenoxy) is 2. The predicted octanol–water partition coefficient (Wildman–Crippen LogP) is 3.66. The van der Waals surface area contributed by atoms with Gasteiger partial charge in [-0.2, -0.15) is 0 Å². The van der Waals surface area contributed by atoms with Crippen LogP contribution in [0.2, 0.25) is 0 Å². The highest BCUT2D eigenvalue weighted by molar-refractivity contribution is 5.07. The third-order valence-electron chi connectivity index (χ3n) is 6.36. The molecule has 4 heteroatoms. The van der Waals surface area contributed by atoms with Crippen LogP contribution in [0.1, 0.15) is 65.7 Å². The fraction of sp³-hybridized carbons (Fsp3) is 0.905. The Bertz CT molecular complexity index is 463. The molecule has 0 amide bonds. The Balaban J connectivity index is 1.59. The molecule has 25 heavy (non-hydrogen) atoms. The van der Waals surface area contributed by atoms with Crippen LogP contribution >= 0.6 is 0 Å². The zero-order valence-corrected chi connectivity index (χ0v) is 16.1. The molecular weight excluding hydrogens is 316 g/mol. The van der Waals surface area contributed by atoms with Gasteiger partial charge in [0.1, 0.15) is 0 Å². The fourth-order valence-electron chi connectivity index (χ4n) is 4.95. The summed E-state index contributed by atoms with van der Waals surface area (Å²) in [5, 5.41) is 21.2. The SMILES string of the molecule is CCCCC/C=C/[C@H](O)[C@@H]1[C@H]2CC3(C[C@H]2C[C@H]1O)OCC(C)(C)CO3. The van der Waals surface area contributed by atoms with Crippen LogP contribution in [0.3, 0.4) is 0 Å². The van der Waals surface area contributed by atoms with Gasteiger partial charge >= 0.3 is 0 Å². The van der Waals surface area contributed by atoms with Crippen LogP contribution in [-0.2, 0) is 9.47 Å². The van der Waals surface area contributed by atoms with Gasteiger partial charge in [0.2, 0.25) is 0 Å². The van der Waals surface area contributed by atoms with E-state index in [1.54, 1.807) is 0 Å². The summed E-state index contributed by atoms with van der Waals surface area (Å²) in [5.41, 5.74) is 0.0720. The van der Waals surface area contributed by atoms with Gasteiger partial charge in [0.15, 0.2) is 5.79 Å². The maximum absolute atomic E-state index is 10.7. The molecule has 3 fully saturated rings. The van der Waals surface area contributed by atoms with Gasteiger partial charge in [-0.1, -0.05) is 45.8 Å². The van der Waals surface area contributed by atoms with E-state index in [0.29, 0.717) is 5.92 Å². The van der Waals surface area contributed by atoms with Gasteiger partial charge in [-0.05, 0) is 31.1 Å². The Morgan fingerprint density at radius 3 is 2.56 bits per heavy atom. The smallest absolute Gasteiger partial charge is 0.168 e. The second-order valence-electron chi connectivity index (χ2n) is 9.28. The van der Waals surface area contributed by atoms with Crippen molar-refractivity contribution in [2.24, 2.45) is 23.2 Å². The van der Waals surface area contributed by atoms with Crippen molar-refractivity contribution in [1.29, 1.82) is 0 Å². The first-order valence-electron chi connectivity index (χ1n) is 10.2. The average molecular weight is 353 g/mol. The van der Waals surface area contributed by atoms with Crippen LogP contribution in [-0.4, -0.2) is 41.4 Å². The molecular formula is C21H36O4. The molecule has 3 rings (SSSR count). The molecule has 1 aliphatic heterocycles. The van der Waals surface area contributed by atoms with E-state index in [9.17, 15) is 10.2 Å². The van der Waals surface area contributed by atoms with Gasteiger partial charge in [0.25, 0.3) is 0 Å². The van der Waals surface area contributed by atoms with Crippen LogP contribution in [0.25, 0.3) is 0 Å². The molecule has 2 aliphatic carbocycles. The summed E-state index contributed by atoms with van der Waals surface area (Å²) >= 11 is 0. The highest BCUT2D eigenvalue weighted by atomic mass is 16.7. The van der Waals surface area contributed by atoms with E-state index in [2.05, 4.69) is 26.8 Å². The number of hydrogen-bond donors (Lipinski definition) is 2. The molecule has 1 saturated heterocycles. The van der Waals surface area contributed by atoms with Crippen LogP contribution in [0.5, 0.6) is 0 Å². The van der Waals surface area contributed by atoms with Gasteiger partial charge in [-0.15, -0.1) is 0 Å². The molecule has 1 heterocycles. The molecule has 144 valence electrons. The second-order valence-corrected chi connectivity index (χ2v) is 9.28. The number of rotatable bonds is 6. The normalized spacial score (nSPS) is 37.6. The van der Waals surface area contributed by atoms with Crippen molar-refractivity contribution in [1.82, 2.24) is 0 Å². The first kappa shape index (κ1) is 19.3. The van der Waals surface area contributed by atoms with Crippen LogP contribution in [0.15, 0.2) is 12.2 Å². The van der Waals surface area contributed by atoms with Gasteiger partial charge in [0.05, 0.1) is 25.4 Å². The quantitative estimate of drug-likeness (QED) is 0.566. The Hall–Kier alpha value is -0.420. The van der Waals surface area contributed by atoms with Crippen LogP contribution < -0.4 is 0 Å². The van der Waals surface area contributed by atoms with Crippen molar-refractivity contribution < 1.29 is 19.7 Å². The molecule has 0 radical (unpaired) electrons. The van der Waals surface area contributed by atoms with Crippen molar-refractivity contribution in [2.45, 2.75) is 83.7 Å². The van der Waals surface area contributed by atoms with Gasteiger partial charge < -0.3 is 19.7 Å². The number of fused-ring (bicyclic) bond motifs is 1. The highest BCUT2D eigenvalue weighted by Gasteiger charge is 2.58. The number of hydrogen-bond acceptors (Lipinski definition) is 4. The molecule has 0 bridgehead atoms. The summed E-state index contributed by atoms with van der Waals surface area (Å²) in [5.74, 6) is 0.109. The zero-order valence-electron chi connectivity index (χ0n) is 16.1. The lowest BCUT2D eigenvalue weighted by atomic mass is 9.86. The summed E-state index contributed by atoms with van der Waals surface area (Å²) in [6.45, 7) is 7.96. The third kappa shape index (κ3) is 4.29. The third-order valence-corrected chi connectivity index (χ3v) is 6.36. The molecule has 0 aromatic carbocycles. The summed E-state index contributed by atoms with van der Waals surface area (Å²) in [4.78, 5) is 0. The summed E-state index contributed by atoms with van der Waals surface area (Å²) in [6, 6.07) is 0. The minimum absolute atomic E-state index is 0.0720. The number of allylic oxidation sites excluding steroid dienone is 1. The Kier molecular flexibility index (Phi) is 5.94. The Morgan fingerprint density at radius 1 is 1.16 bits per heavy atom. The number of unbranched alkanes of at least 4 members (excludes halogenated alkanes) is 3. The first-order valence-corrected chi connectivity index (χ1v) is 10.2. The summed E-state index contributed by atoms with van der Waals surface area (Å²) in [6.07, 6.45) is 10.0. The minimum atomic E-state index is -0.568. The van der Waals surface area contributed by atoms with Crippen molar-refractivity contribution in [2.75, 3.05) is 13.2 Å². The molecule has 0 aromatic heterocycles. The van der Waals surface area contributed by atoms with E-state index >= 15 is 0 Å². The van der Waals surface area contributed by atoms with E-state index in [4.69, 9.17) is 9.47 Å². The molecule has 3 aliphatic rings. The number of aliphatic hydroxyl groups excluding tert-OH is 2. The van der Waals surface area contributed by atoms with E-state index < -0.39 is 18.0 Å². The lowest BCUT2D eigenvalue weighted by Gasteiger charge is -2.42. The van der Waals surface area contributed by atoms with Gasteiger partial charge in [-0.3, -0.25) is 0 Å². The van der Waals surface area contributed by atoms with E-state index in [-0.39, 0.29) is 17.3 Å². The average Bonchev–Trinajstić information content (AvgIpc) is 3.03. The standard InChI is InChI=1S/C21H36O4/c1-4-5-6-7-8-9-17(22)19-16-12-21(11-15(16)10-18(19)23)24-13-20(2,3)14-25-21/h8-9,15-19,22-23H,4-7,10-14H2,1-3H3/b9-8+/t15-,16+,17+,18-,19+/m1/s1. The molecule has 1 spiro atoms. The predicted molar refractivity (Wildman–Crippen MR) is 98.0 cm³/mol. The van der Waals surface area contributed by atoms with Crippen molar-refractivity contribution >= 4 is 0 Å². The highest BCUT2D eigenvalue weighted by Crippen LogP contribution is 2.55. The lowest BCUT2D eigenvalue weighted by Crippen LogP contribution is -2.47. The van der Waals surface area contributed by atoms with Crippen LogP contribution in [0.4, 0.5) is 0 Å². The zero-order chi connectivity index (χ0) is 18.1. The number of aliphatic hydroxyl groups is 2. The van der Waals surface area contributed by atoms with Crippen molar-refractivity contribution in [3.8, 4) is 0 Å². The molecule has 4 nitrogen and oxygen atoms in total. The maximum atomic E-state index is 10.7. The largest absolute Gasteiger partial charge is 0.393 e. The summed E-state index contributed by atoms with van der Waals surface area (Å²) < 4.78 is 12.3. The van der Waals surface area contributed by atoms with Gasteiger partial charge in [-0.25, -0.2) is 0 Å². The van der Waals surface area contributed by atoms with Crippen molar-refractivity contribution in [3.63, 3.8) is 0 Å². The molecule has 2 saturated carbocycles. The Morgan fingerprint density at radius 2 is 1.88 bits per heavy atom. The maximum Gasteiger partial charge on any atom is 0.168 e. The van der Waals surface area contributed by atoms with Crippen molar-refractivity contribution in [3.05, 3.63) is 12.2 Å². The fourth-order valence-corrected chi connectivity index (χ4v) is 4.95. The monoisotopic (exact) mass is 352 g/mol.